The van der Waals surface area contributed by atoms with Crippen molar-refractivity contribution in [2.75, 3.05) is 18.5 Å². The summed E-state index contributed by atoms with van der Waals surface area (Å²) in [5.74, 6) is -1.17. The number of benzene rings is 2. The van der Waals surface area contributed by atoms with Crippen molar-refractivity contribution < 1.29 is 18.7 Å². The molecule has 3 rings (SSSR count). The van der Waals surface area contributed by atoms with Crippen LogP contribution in [0.5, 0.6) is 5.75 Å². The third kappa shape index (κ3) is 6.13. The quantitative estimate of drug-likeness (QED) is 0.449. The lowest BCUT2D eigenvalue weighted by Crippen LogP contribution is -2.36. The van der Waals surface area contributed by atoms with Crippen molar-refractivity contribution in [1.82, 2.24) is 20.1 Å². The van der Waals surface area contributed by atoms with Gasteiger partial charge in [-0.1, -0.05) is 0 Å². The van der Waals surface area contributed by atoms with E-state index in [2.05, 4.69) is 20.7 Å². The maximum atomic E-state index is 12.8. The lowest BCUT2D eigenvalue weighted by Gasteiger charge is -2.08. The molecule has 3 aromatic rings. The average molecular weight is 397 g/mol. The van der Waals surface area contributed by atoms with Crippen LogP contribution in [-0.2, 0) is 9.59 Å². The van der Waals surface area contributed by atoms with Gasteiger partial charge in [-0.25, -0.2) is 14.1 Å². The van der Waals surface area contributed by atoms with Crippen molar-refractivity contribution in [3.8, 4) is 11.4 Å². The van der Waals surface area contributed by atoms with Crippen LogP contribution < -0.4 is 15.4 Å². The molecule has 1 aromatic heterocycles. The van der Waals surface area contributed by atoms with Gasteiger partial charge in [0.05, 0.1) is 12.3 Å². The summed E-state index contributed by atoms with van der Waals surface area (Å²) in [5.41, 5.74) is 1.29. The van der Waals surface area contributed by atoms with Gasteiger partial charge in [-0.05, 0) is 61.4 Å². The Kier molecular flexibility index (Phi) is 6.88. The minimum atomic E-state index is -0.735. The van der Waals surface area contributed by atoms with Gasteiger partial charge in [-0.15, -0.1) is 0 Å². The van der Waals surface area contributed by atoms with E-state index in [0.717, 1.165) is 5.69 Å². The number of hydrogen-bond acceptors (Lipinski definition) is 5. The molecule has 0 fully saturated rings. The number of anilines is 1. The maximum Gasteiger partial charge on any atom is 0.313 e. The van der Waals surface area contributed by atoms with E-state index in [4.69, 9.17) is 4.74 Å². The zero-order chi connectivity index (χ0) is 20.5. The second-order valence-corrected chi connectivity index (χ2v) is 6.11. The molecule has 0 unspecified atom stereocenters. The summed E-state index contributed by atoms with van der Waals surface area (Å²) < 4.78 is 19.8. The number of unbranched alkanes of at least 4 members (excludes halogenated alkanes) is 1. The van der Waals surface area contributed by atoms with E-state index in [0.29, 0.717) is 37.4 Å². The van der Waals surface area contributed by atoms with Gasteiger partial charge in [0.15, 0.2) is 0 Å². The monoisotopic (exact) mass is 397 g/mol. The van der Waals surface area contributed by atoms with E-state index in [1.54, 1.807) is 47.4 Å². The summed E-state index contributed by atoms with van der Waals surface area (Å²) in [5, 5.41) is 9.12. The molecule has 2 N–H and O–H groups in total. The van der Waals surface area contributed by atoms with Gasteiger partial charge in [0, 0.05) is 12.2 Å². The molecule has 9 heteroatoms. The summed E-state index contributed by atoms with van der Waals surface area (Å²) >= 11 is 0. The van der Waals surface area contributed by atoms with Gasteiger partial charge in [-0.3, -0.25) is 9.59 Å². The van der Waals surface area contributed by atoms with Crippen LogP contribution in [0.3, 0.4) is 0 Å². The zero-order valence-electron chi connectivity index (χ0n) is 15.5. The molecule has 0 aliphatic rings. The Morgan fingerprint density at radius 3 is 2.45 bits per heavy atom. The first kappa shape index (κ1) is 20.0. The third-order valence-electron chi connectivity index (χ3n) is 3.95. The summed E-state index contributed by atoms with van der Waals surface area (Å²) in [6, 6.07) is 12.6. The largest absolute Gasteiger partial charge is 0.494 e. The number of rotatable bonds is 8. The summed E-state index contributed by atoms with van der Waals surface area (Å²) in [4.78, 5) is 27.7. The first-order chi connectivity index (χ1) is 14.1. The molecular weight excluding hydrogens is 377 g/mol. The first-order valence-electron chi connectivity index (χ1n) is 9.04. The number of aromatic nitrogens is 3. The fourth-order valence-corrected chi connectivity index (χ4v) is 2.46. The van der Waals surface area contributed by atoms with E-state index in [1.807, 2.05) is 0 Å². The lowest BCUT2D eigenvalue weighted by molar-refractivity contribution is -0.136. The molecule has 0 bridgehead atoms. The Hall–Kier alpha value is -3.75. The van der Waals surface area contributed by atoms with E-state index in [1.165, 1.54) is 18.5 Å². The second-order valence-electron chi connectivity index (χ2n) is 6.11. The molecule has 0 radical (unpaired) electrons. The SMILES string of the molecule is O=C(NCCCCOc1ccc(F)cc1)C(=O)Nc1ccc(-n2cncn2)cc1. The summed E-state index contributed by atoms with van der Waals surface area (Å²) in [7, 11) is 0. The number of carbonyl (C=O) groups is 2. The molecule has 0 aliphatic carbocycles. The predicted octanol–water partition coefficient (Wildman–Crippen LogP) is 2.32. The Balaban J connectivity index is 1.33. The van der Waals surface area contributed by atoms with E-state index < -0.39 is 11.8 Å². The molecule has 0 saturated heterocycles. The van der Waals surface area contributed by atoms with Crippen molar-refractivity contribution >= 4 is 17.5 Å². The molecule has 150 valence electrons. The first-order valence-corrected chi connectivity index (χ1v) is 9.04. The molecule has 2 aromatic carbocycles. The van der Waals surface area contributed by atoms with E-state index >= 15 is 0 Å². The minimum Gasteiger partial charge on any atom is -0.494 e. The molecule has 2 amide bonds. The van der Waals surface area contributed by atoms with Crippen LogP contribution in [0.1, 0.15) is 12.8 Å². The van der Waals surface area contributed by atoms with Crippen LogP contribution in [0.15, 0.2) is 61.2 Å². The maximum absolute atomic E-state index is 12.8. The van der Waals surface area contributed by atoms with Gasteiger partial charge in [0.1, 0.15) is 24.2 Å². The number of hydrogen-bond donors (Lipinski definition) is 2. The smallest absolute Gasteiger partial charge is 0.313 e. The van der Waals surface area contributed by atoms with Crippen molar-refractivity contribution in [2.24, 2.45) is 0 Å². The summed E-state index contributed by atoms with van der Waals surface area (Å²) in [6.45, 7) is 0.788. The number of carbonyl (C=O) groups excluding carboxylic acids is 2. The van der Waals surface area contributed by atoms with Crippen LogP contribution in [0, 0.1) is 5.82 Å². The summed E-state index contributed by atoms with van der Waals surface area (Å²) in [6.07, 6.45) is 4.32. The van der Waals surface area contributed by atoms with Gasteiger partial charge in [0.25, 0.3) is 0 Å². The standard InChI is InChI=1S/C20H20FN5O3/c21-15-3-9-18(10-4-15)29-12-2-1-11-23-19(27)20(28)25-16-5-7-17(8-6-16)26-14-22-13-24-26/h3-10,13-14H,1-2,11-12H2,(H,23,27)(H,25,28). The van der Waals surface area contributed by atoms with E-state index in [9.17, 15) is 14.0 Å². The number of amides is 2. The van der Waals surface area contributed by atoms with Crippen LogP contribution in [0.25, 0.3) is 5.69 Å². The van der Waals surface area contributed by atoms with Crippen LogP contribution in [0.4, 0.5) is 10.1 Å². The molecule has 8 nitrogen and oxygen atoms in total. The molecule has 0 saturated carbocycles. The molecule has 29 heavy (non-hydrogen) atoms. The van der Waals surface area contributed by atoms with Gasteiger partial charge < -0.3 is 15.4 Å². The Labute approximate surface area is 166 Å². The van der Waals surface area contributed by atoms with Gasteiger partial charge in [-0.2, -0.15) is 5.10 Å². The fourth-order valence-electron chi connectivity index (χ4n) is 2.46. The minimum absolute atomic E-state index is 0.315. The third-order valence-corrected chi connectivity index (χ3v) is 3.95. The predicted molar refractivity (Wildman–Crippen MR) is 104 cm³/mol. The molecule has 0 spiro atoms. The van der Waals surface area contributed by atoms with Crippen molar-refractivity contribution in [2.45, 2.75) is 12.8 Å². The number of halogens is 1. The normalized spacial score (nSPS) is 10.4. The highest BCUT2D eigenvalue weighted by molar-refractivity contribution is 6.39. The van der Waals surface area contributed by atoms with Crippen LogP contribution >= 0.6 is 0 Å². The number of ether oxygens (including phenoxy) is 1. The Morgan fingerprint density at radius 2 is 1.76 bits per heavy atom. The lowest BCUT2D eigenvalue weighted by atomic mass is 10.2. The molecule has 0 aliphatic heterocycles. The Bertz CT molecular complexity index is 928. The van der Waals surface area contributed by atoms with Crippen molar-refractivity contribution in [3.63, 3.8) is 0 Å². The van der Waals surface area contributed by atoms with Crippen molar-refractivity contribution in [3.05, 3.63) is 67.0 Å². The highest BCUT2D eigenvalue weighted by Gasteiger charge is 2.13. The van der Waals surface area contributed by atoms with Gasteiger partial charge >= 0.3 is 11.8 Å². The fraction of sp³-hybridized carbons (Fsp3) is 0.200. The topological polar surface area (TPSA) is 98.1 Å². The van der Waals surface area contributed by atoms with E-state index in [-0.39, 0.29) is 5.82 Å². The van der Waals surface area contributed by atoms with Crippen LogP contribution in [-0.4, -0.2) is 39.7 Å². The number of nitrogens with one attached hydrogen (secondary N) is 2. The van der Waals surface area contributed by atoms with Crippen molar-refractivity contribution in [1.29, 1.82) is 0 Å². The highest BCUT2D eigenvalue weighted by Crippen LogP contribution is 2.12. The molecular formula is C20H20FN5O3. The zero-order valence-corrected chi connectivity index (χ0v) is 15.5. The second kappa shape index (κ2) is 9.98. The number of nitrogens with zero attached hydrogens (tertiary/aromatic N) is 3. The molecule has 0 atom stereocenters. The Morgan fingerprint density at radius 1 is 1.00 bits per heavy atom. The molecule has 1 heterocycles. The highest BCUT2D eigenvalue weighted by atomic mass is 19.1. The van der Waals surface area contributed by atoms with Crippen LogP contribution in [0.2, 0.25) is 0 Å². The average Bonchev–Trinajstić information content (AvgIpc) is 3.27. The van der Waals surface area contributed by atoms with Gasteiger partial charge in [0.2, 0.25) is 0 Å².